The summed E-state index contributed by atoms with van der Waals surface area (Å²) >= 11 is 6.33. The van der Waals surface area contributed by atoms with Gasteiger partial charge >= 0.3 is 0 Å². The van der Waals surface area contributed by atoms with Crippen LogP contribution in [0.15, 0.2) is 54.6 Å². The maximum absolute atomic E-state index is 12.9. The molecule has 0 bridgehead atoms. The van der Waals surface area contributed by atoms with Crippen molar-refractivity contribution in [1.29, 1.82) is 0 Å². The van der Waals surface area contributed by atoms with Gasteiger partial charge in [-0.2, -0.15) is 4.98 Å². The lowest BCUT2D eigenvalue weighted by molar-refractivity contribution is 0.102. The van der Waals surface area contributed by atoms with Crippen molar-refractivity contribution in [2.75, 3.05) is 5.32 Å². The summed E-state index contributed by atoms with van der Waals surface area (Å²) in [4.78, 5) is 21.8. The highest BCUT2D eigenvalue weighted by molar-refractivity contribution is 6.33. The molecule has 0 fully saturated rings. The van der Waals surface area contributed by atoms with E-state index in [1.54, 1.807) is 12.1 Å². The van der Waals surface area contributed by atoms with Gasteiger partial charge < -0.3 is 0 Å². The van der Waals surface area contributed by atoms with Gasteiger partial charge in [-0.3, -0.25) is 15.2 Å². The number of aromatic nitrogens is 4. The summed E-state index contributed by atoms with van der Waals surface area (Å²) in [6.07, 6.45) is 0.706. The number of aryl methyl sites for hydroxylation is 1. The largest absolute Gasteiger partial charge is 0.289 e. The van der Waals surface area contributed by atoms with Crippen molar-refractivity contribution in [2.24, 2.45) is 0 Å². The standard InChI is InChI=1S/C20H16ClN5O/c1-2-18-23-20(26-25-18)24-19(27)14-11-17(13-8-3-5-9-15(13)21)22-16-10-6-4-7-12(14)16/h3-11H,2H2,1H3,(H2,23,24,25,26,27). The summed E-state index contributed by atoms with van der Waals surface area (Å²) in [7, 11) is 0. The van der Waals surface area contributed by atoms with Gasteiger partial charge in [0.1, 0.15) is 5.82 Å². The molecular formula is C20H16ClN5O. The van der Waals surface area contributed by atoms with E-state index >= 15 is 0 Å². The van der Waals surface area contributed by atoms with Crippen LogP contribution in [0.3, 0.4) is 0 Å². The summed E-state index contributed by atoms with van der Waals surface area (Å²) < 4.78 is 0. The average Bonchev–Trinajstić information content (AvgIpc) is 3.15. The molecule has 2 aromatic heterocycles. The lowest BCUT2D eigenvalue weighted by atomic mass is 10.0. The van der Waals surface area contributed by atoms with Gasteiger partial charge in [0.25, 0.3) is 5.91 Å². The van der Waals surface area contributed by atoms with Gasteiger partial charge in [-0.05, 0) is 18.2 Å². The molecule has 0 atom stereocenters. The molecule has 6 nitrogen and oxygen atoms in total. The molecule has 0 radical (unpaired) electrons. The smallest absolute Gasteiger partial charge is 0.258 e. The second-order valence-corrected chi connectivity index (χ2v) is 6.37. The molecule has 0 spiro atoms. The minimum Gasteiger partial charge on any atom is -0.289 e. The Bertz CT molecular complexity index is 1140. The summed E-state index contributed by atoms with van der Waals surface area (Å²) in [5, 5.41) is 10.9. The number of aromatic amines is 1. The quantitative estimate of drug-likeness (QED) is 0.549. The Balaban J connectivity index is 1.81. The first-order chi connectivity index (χ1) is 13.2. The number of rotatable bonds is 4. The molecule has 2 N–H and O–H groups in total. The molecular weight excluding hydrogens is 362 g/mol. The van der Waals surface area contributed by atoms with E-state index in [1.807, 2.05) is 49.4 Å². The number of H-pyrrole nitrogens is 1. The van der Waals surface area contributed by atoms with Gasteiger partial charge in [-0.15, -0.1) is 5.10 Å². The van der Waals surface area contributed by atoms with Gasteiger partial charge in [0.15, 0.2) is 0 Å². The fourth-order valence-electron chi connectivity index (χ4n) is 2.85. The highest BCUT2D eigenvalue weighted by atomic mass is 35.5. The van der Waals surface area contributed by atoms with Crippen LogP contribution >= 0.6 is 11.6 Å². The molecule has 4 rings (SSSR count). The number of hydrogen-bond donors (Lipinski definition) is 2. The Morgan fingerprint density at radius 3 is 2.67 bits per heavy atom. The summed E-state index contributed by atoms with van der Waals surface area (Å²) in [6, 6.07) is 16.7. The number of amides is 1. The predicted molar refractivity (Wildman–Crippen MR) is 106 cm³/mol. The number of fused-ring (bicyclic) bond motifs is 1. The topological polar surface area (TPSA) is 83.6 Å². The zero-order chi connectivity index (χ0) is 18.8. The number of anilines is 1. The van der Waals surface area contributed by atoms with Crippen LogP contribution in [-0.4, -0.2) is 26.1 Å². The molecule has 134 valence electrons. The van der Waals surface area contributed by atoms with Crippen molar-refractivity contribution in [3.05, 3.63) is 71.0 Å². The predicted octanol–water partition coefficient (Wildman–Crippen LogP) is 4.49. The zero-order valence-electron chi connectivity index (χ0n) is 14.5. The fourth-order valence-corrected chi connectivity index (χ4v) is 3.08. The number of halogens is 1. The molecule has 0 aliphatic heterocycles. The van der Waals surface area contributed by atoms with Crippen LogP contribution in [-0.2, 0) is 6.42 Å². The lowest BCUT2D eigenvalue weighted by Gasteiger charge is -2.10. The molecule has 0 saturated carbocycles. The number of nitrogens with zero attached hydrogens (tertiary/aromatic N) is 3. The van der Waals surface area contributed by atoms with Gasteiger partial charge in [-0.1, -0.05) is 54.9 Å². The van der Waals surface area contributed by atoms with Crippen molar-refractivity contribution >= 4 is 34.4 Å². The molecule has 0 saturated heterocycles. The molecule has 2 aromatic carbocycles. The second kappa shape index (κ2) is 7.17. The number of carbonyl (C=O) groups excluding carboxylic acids is 1. The molecule has 1 amide bonds. The van der Waals surface area contributed by atoms with Crippen molar-refractivity contribution in [3.63, 3.8) is 0 Å². The third-order valence-corrected chi connectivity index (χ3v) is 4.53. The van der Waals surface area contributed by atoms with E-state index in [0.717, 1.165) is 10.9 Å². The van der Waals surface area contributed by atoms with Crippen LogP contribution < -0.4 is 5.32 Å². The molecule has 7 heteroatoms. The SMILES string of the molecule is CCc1nc(NC(=O)c2cc(-c3ccccc3Cl)nc3ccccc23)n[nH]1. The first-order valence-electron chi connectivity index (χ1n) is 8.53. The number of nitrogens with one attached hydrogen (secondary N) is 2. The van der Waals surface area contributed by atoms with Crippen molar-refractivity contribution < 1.29 is 4.79 Å². The number of pyridine rings is 1. The monoisotopic (exact) mass is 377 g/mol. The van der Waals surface area contributed by atoms with Crippen molar-refractivity contribution in [3.8, 4) is 11.3 Å². The Morgan fingerprint density at radius 2 is 1.89 bits per heavy atom. The van der Waals surface area contributed by atoms with E-state index in [0.29, 0.717) is 34.0 Å². The van der Waals surface area contributed by atoms with Gasteiger partial charge in [-0.25, -0.2) is 4.98 Å². The molecule has 4 aromatic rings. The maximum Gasteiger partial charge on any atom is 0.258 e. The van der Waals surface area contributed by atoms with Gasteiger partial charge in [0, 0.05) is 22.4 Å². The molecule has 0 unspecified atom stereocenters. The summed E-state index contributed by atoms with van der Waals surface area (Å²) in [5.41, 5.74) is 2.60. The van der Waals surface area contributed by atoms with Crippen LogP contribution in [0.4, 0.5) is 5.95 Å². The third-order valence-electron chi connectivity index (χ3n) is 4.20. The van der Waals surface area contributed by atoms with Crippen molar-refractivity contribution in [2.45, 2.75) is 13.3 Å². The Kier molecular flexibility index (Phi) is 4.56. The molecule has 0 aliphatic carbocycles. The van der Waals surface area contributed by atoms with Gasteiger partial charge in [0.2, 0.25) is 5.95 Å². The minimum atomic E-state index is -0.302. The molecule has 2 heterocycles. The third kappa shape index (κ3) is 3.39. The Labute approximate surface area is 160 Å². The second-order valence-electron chi connectivity index (χ2n) is 5.97. The normalized spacial score (nSPS) is 10.9. The Hall–Kier alpha value is -3.25. The number of hydrogen-bond acceptors (Lipinski definition) is 4. The fraction of sp³-hybridized carbons (Fsp3) is 0.100. The van der Waals surface area contributed by atoms with E-state index < -0.39 is 0 Å². The lowest BCUT2D eigenvalue weighted by Crippen LogP contribution is -2.14. The maximum atomic E-state index is 12.9. The van der Waals surface area contributed by atoms with Crippen LogP contribution in [0, 0.1) is 0 Å². The highest BCUT2D eigenvalue weighted by Gasteiger charge is 2.16. The summed E-state index contributed by atoms with van der Waals surface area (Å²) in [6.45, 7) is 1.96. The average molecular weight is 378 g/mol. The van der Waals surface area contributed by atoms with Crippen LogP contribution in [0.25, 0.3) is 22.2 Å². The number of para-hydroxylation sites is 1. The number of benzene rings is 2. The molecule has 27 heavy (non-hydrogen) atoms. The highest BCUT2D eigenvalue weighted by Crippen LogP contribution is 2.30. The van der Waals surface area contributed by atoms with E-state index in [1.165, 1.54) is 0 Å². The van der Waals surface area contributed by atoms with E-state index in [9.17, 15) is 4.79 Å². The minimum absolute atomic E-state index is 0.247. The summed E-state index contributed by atoms with van der Waals surface area (Å²) in [5.74, 6) is 0.655. The van der Waals surface area contributed by atoms with Crippen LogP contribution in [0.1, 0.15) is 23.1 Å². The number of carbonyl (C=O) groups is 1. The Morgan fingerprint density at radius 1 is 1.11 bits per heavy atom. The van der Waals surface area contributed by atoms with E-state index in [4.69, 9.17) is 11.6 Å². The molecule has 0 aliphatic rings. The zero-order valence-corrected chi connectivity index (χ0v) is 15.3. The van der Waals surface area contributed by atoms with Crippen LogP contribution in [0.2, 0.25) is 5.02 Å². The van der Waals surface area contributed by atoms with E-state index in [-0.39, 0.29) is 11.9 Å². The van der Waals surface area contributed by atoms with Crippen LogP contribution in [0.5, 0.6) is 0 Å². The first kappa shape index (κ1) is 17.2. The van der Waals surface area contributed by atoms with E-state index in [2.05, 4.69) is 25.5 Å². The van der Waals surface area contributed by atoms with Crippen molar-refractivity contribution in [1.82, 2.24) is 20.2 Å². The first-order valence-corrected chi connectivity index (χ1v) is 8.91. The van der Waals surface area contributed by atoms with Gasteiger partial charge in [0.05, 0.1) is 16.8 Å².